The minimum absolute atomic E-state index is 0.255. The highest BCUT2D eigenvalue weighted by atomic mass is 16.3. The molecule has 1 aliphatic carbocycles. The van der Waals surface area contributed by atoms with E-state index in [2.05, 4.69) is 4.98 Å². The van der Waals surface area contributed by atoms with Gasteiger partial charge in [-0.05, 0) is 30.4 Å². The third-order valence-corrected chi connectivity index (χ3v) is 3.56. The van der Waals surface area contributed by atoms with E-state index in [-0.39, 0.29) is 6.10 Å². The van der Waals surface area contributed by atoms with Gasteiger partial charge in [-0.3, -0.25) is 0 Å². The van der Waals surface area contributed by atoms with Crippen LogP contribution in [0.4, 0.5) is 0 Å². The van der Waals surface area contributed by atoms with Crippen LogP contribution < -0.4 is 0 Å². The Hall–Kier alpha value is -0.760. The van der Waals surface area contributed by atoms with Crippen molar-refractivity contribution in [1.29, 1.82) is 0 Å². The first-order valence-corrected chi connectivity index (χ1v) is 6.18. The Morgan fingerprint density at radius 3 is 2.40 bits per heavy atom. The van der Waals surface area contributed by atoms with Crippen molar-refractivity contribution in [3.8, 4) is 0 Å². The van der Waals surface area contributed by atoms with Crippen LogP contribution in [0.3, 0.4) is 0 Å². The van der Waals surface area contributed by atoms with Crippen LogP contribution in [0.25, 0.3) is 0 Å². The lowest BCUT2D eigenvalue weighted by Gasteiger charge is -2.24. The maximum Gasteiger partial charge on any atom is 0.0832 e. The highest BCUT2D eigenvalue weighted by Gasteiger charge is 2.21. The van der Waals surface area contributed by atoms with Gasteiger partial charge in [0.1, 0.15) is 0 Å². The second-order valence-electron chi connectivity index (χ2n) is 4.69. The lowest BCUT2D eigenvalue weighted by molar-refractivity contribution is 0.0914. The molecular weight excluding hydrogens is 186 g/mol. The molecule has 1 aromatic heterocycles. The van der Waals surface area contributed by atoms with Gasteiger partial charge in [0.15, 0.2) is 0 Å². The van der Waals surface area contributed by atoms with E-state index in [1.165, 1.54) is 44.9 Å². The predicted octanol–water partition coefficient (Wildman–Crippen LogP) is 3.41. The number of aromatic amines is 1. The summed E-state index contributed by atoms with van der Waals surface area (Å²) in [6, 6.07) is 1.99. The van der Waals surface area contributed by atoms with E-state index >= 15 is 0 Å². The summed E-state index contributed by atoms with van der Waals surface area (Å²) in [7, 11) is 0. The quantitative estimate of drug-likeness (QED) is 0.766. The molecule has 1 heterocycles. The zero-order chi connectivity index (χ0) is 10.5. The fraction of sp³-hybridized carbons (Fsp3) is 0.692. The fourth-order valence-electron chi connectivity index (χ4n) is 2.60. The number of hydrogen-bond donors (Lipinski definition) is 2. The minimum Gasteiger partial charge on any atom is -0.388 e. The number of H-pyrrole nitrogens is 1. The summed E-state index contributed by atoms with van der Waals surface area (Å²) in [5.74, 6) is 0.473. The van der Waals surface area contributed by atoms with Crippen molar-refractivity contribution in [2.75, 3.05) is 0 Å². The Kier molecular flexibility index (Phi) is 3.84. The molecule has 84 valence electrons. The molecule has 1 saturated carbocycles. The predicted molar refractivity (Wildman–Crippen MR) is 61.6 cm³/mol. The number of nitrogens with one attached hydrogen (secondary N) is 1. The van der Waals surface area contributed by atoms with Gasteiger partial charge in [-0.15, -0.1) is 0 Å². The fourth-order valence-corrected chi connectivity index (χ4v) is 2.60. The van der Waals surface area contributed by atoms with Gasteiger partial charge in [-0.2, -0.15) is 0 Å². The minimum atomic E-state index is -0.255. The highest BCUT2D eigenvalue weighted by Crippen LogP contribution is 2.32. The van der Waals surface area contributed by atoms with Crippen molar-refractivity contribution in [3.05, 3.63) is 24.0 Å². The summed E-state index contributed by atoms with van der Waals surface area (Å²) in [6.07, 6.45) is 12.6. The first-order valence-electron chi connectivity index (χ1n) is 6.18. The van der Waals surface area contributed by atoms with Crippen LogP contribution in [0.15, 0.2) is 18.5 Å². The molecule has 0 aromatic carbocycles. The molecule has 0 aliphatic heterocycles. The Morgan fingerprint density at radius 1 is 1.13 bits per heavy atom. The normalized spacial score (nSPS) is 21.9. The van der Waals surface area contributed by atoms with Crippen molar-refractivity contribution in [2.24, 2.45) is 5.92 Å². The average molecular weight is 207 g/mol. The Balaban J connectivity index is 1.95. The van der Waals surface area contributed by atoms with Crippen molar-refractivity contribution in [3.63, 3.8) is 0 Å². The molecular formula is C13H21NO. The summed E-state index contributed by atoms with van der Waals surface area (Å²) < 4.78 is 0. The van der Waals surface area contributed by atoms with Gasteiger partial charge in [-0.1, -0.05) is 32.1 Å². The maximum atomic E-state index is 10.2. The molecule has 0 amide bonds. The number of aliphatic hydroxyl groups is 1. The molecule has 0 radical (unpaired) electrons. The van der Waals surface area contributed by atoms with Gasteiger partial charge in [0, 0.05) is 12.4 Å². The van der Waals surface area contributed by atoms with Crippen LogP contribution in [0.5, 0.6) is 0 Å². The summed E-state index contributed by atoms with van der Waals surface area (Å²) in [5.41, 5.74) is 1.06. The summed E-state index contributed by atoms with van der Waals surface area (Å²) in [6.45, 7) is 0. The van der Waals surface area contributed by atoms with Crippen molar-refractivity contribution >= 4 is 0 Å². The molecule has 15 heavy (non-hydrogen) atoms. The van der Waals surface area contributed by atoms with Crippen molar-refractivity contribution in [1.82, 2.24) is 4.98 Å². The molecule has 2 nitrogen and oxygen atoms in total. The smallest absolute Gasteiger partial charge is 0.0832 e. The maximum absolute atomic E-state index is 10.2. The van der Waals surface area contributed by atoms with E-state index in [1.54, 1.807) is 0 Å². The van der Waals surface area contributed by atoms with Crippen LogP contribution in [0.2, 0.25) is 0 Å². The third kappa shape index (κ3) is 2.85. The Labute approximate surface area is 91.7 Å². The molecule has 0 spiro atoms. The van der Waals surface area contributed by atoms with E-state index in [1.807, 2.05) is 18.5 Å². The van der Waals surface area contributed by atoms with Crippen molar-refractivity contribution < 1.29 is 5.11 Å². The third-order valence-electron chi connectivity index (χ3n) is 3.56. The lowest BCUT2D eigenvalue weighted by atomic mass is 9.85. The standard InChI is InChI=1S/C13H21NO/c15-13(12-8-9-14-10-12)11-6-4-2-1-3-5-7-11/h8-11,13-15H,1-7H2. The van der Waals surface area contributed by atoms with E-state index < -0.39 is 0 Å². The molecule has 1 unspecified atom stereocenters. The average Bonchev–Trinajstić information content (AvgIpc) is 2.68. The second kappa shape index (κ2) is 5.36. The first-order chi connectivity index (χ1) is 7.38. The molecule has 1 fully saturated rings. The molecule has 0 saturated heterocycles. The van der Waals surface area contributed by atoms with Gasteiger partial charge >= 0.3 is 0 Å². The molecule has 2 N–H and O–H groups in total. The second-order valence-corrected chi connectivity index (χ2v) is 4.69. The van der Waals surface area contributed by atoms with Crippen LogP contribution in [0.1, 0.15) is 56.6 Å². The SMILES string of the molecule is OC(c1cc[nH]c1)C1CCCCCCC1. The molecule has 0 bridgehead atoms. The molecule has 1 aliphatic rings. The molecule has 2 rings (SSSR count). The van der Waals surface area contributed by atoms with E-state index in [0.29, 0.717) is 5.92 Å². The number of rotatable bonds is 2. The molecule has 1 aromatic rings. The number of aromatic nitrogens is 1. The van der Waals surface area contributed by atoms with Crippen LogP contribution in [0, 0.1) is 5.92 Å². The number of aliphatic hydroxyl groups excluding tert-OH is 1. The first kappa shape index (κ1) is 10.7. The van der Waals surface area contributed by atoms with Crippen molar-refractivity contribution in [2.45, 2.75) is 51.0 Å². The monoisotopic (exact) mass is 207 g/mol. The van der Waals surface area contributed by atoms with Crippen LogP contribution >= 0.6 is 0 Å². The van der Waals surface area contributed by atoms with Gasteiger partial charge in [0.2, 0.25) is 0 Å². The van der Waals surface area contributed by atoms with Crippen LogP contribution in [-0.4, -0.2) is 10.1 Å². The number of hydrogen-bond acceptors (Lipinski definition) is 1. The van der Waals surface area contributed by atoms with Crippen LogP contribution in [-0.2, 0) is 0 Å². The molecule has 2 heteroatoms. The Morgan fingerprint density at radius 2 is 1.80 bits per heavy atom. The zero-order valence-electron chi connectivity index (χ0n) is 9.28. The highest BCUT2D eigenvalue weighted by molar-refractivity contribution is 5.12. The summed E-state index contributed by atoms with van der Waals surface area (Å²) >= 11 is 0. The largest absolute Gasteiger partial charge is 0.388 e. The van der Waals surface area contributed by atoms with Gasteiger partial charge in [-0.25, -0.2) is 0 Å². The Bertz CT molecular complexity index is 260. The topological polar surface area (TPSA) is 36.0 Å². The van der Waals surface area contributed by atoms with Gasteiger partial charge < -0.3 is 10.1 Å². The summed E-state index contributed by atoms with van der Waals surface area (Å²) in [5, 5.41) is 10.2. The van der Waals surface area contributed by atoms with E-state index in [9.17, 15) is 5.11 Å². The zero-order valence-corrected chi connectivity index (χ0v) is 9.28. The van der Waals surface area contributed by atoms with E-state index in [4.69, 9.17) is 0 Å². The summed E-state index contributed by atoms with van der Waals surface area (Å²) in [4.78, 5) is 3.02. The molecule has 1 atom stereocenters. The van der Waals surface area contributed by atoms with E-state index in [0.717, 1.165) is 5.56 Å². The lowest BCUT2D eigenvalue weighted by Crippen LogP contribution is -2.13. The van der Waals surface area contributed by atoms with Gasteiger partial charge in [0.05, 0.1) is 6.10 Å². The van der Waals surface area contributed by atoms with Gasteiger partial charge in [0.25, 0.3) is 0 Å².